The monoisotopic (exact) mass is 418 g/mol. The molecule has 0 aliphatic heterocycles. The first-order valence-electron chi connectivity index (χ1n) is 8.08. The number of rotatable bonds is 4. The van der Waals surface area contributed by atoms with E-state index in [9.17, 15) is 12.8 Å². The van der Waals surface area contributed by atoms with Crippen LogP contribution >= 0.6 is 22.7 Å². The molecule has 8 heteroatoms. The zero-order valence-corrected chi connectivity index (χ0v) is 16.9. The largest absolute Gasteiger partial charge is 0.270 e. The maximum absolute atomic E-state index is 13.8. The van der Waals surface area contributed by atoms with Crippen LogP contribution in [0.4, 0.5) is 9.39 Å². The van der Waals surface area contributed by atoms with Gasteiger partial charge in [-0.1, -0.05) is 18.2 Å². The zero-order chi connectivity index (χ0) is 19.2. The highest BCUT2D eigenvalue weighted by atomic mass is 32.2. The van der Waals surface area contributed by atoms with Crippen molar-refractivity contribution in [1.29, 1.82) is 0 Å². The van der Waals surface area contributed by atoms with Crippen molar-refractivity contribution in [3.63, 3.8) is 0 Å². The first-order valence-corrected chi connectivity index (χ1v) is 11.3. The number of hydrogen-bond donors (Lipinski definition) is 1. The molecule has 4 nitrogen and oxygen atoms in total. The van der Waals surface area contributed by atoms with Crippen LogP contribution in [0.2, 0.25) is 0 Å². The van der Waals surface area contributed by atoms with E-state index in [2.05, 4.69) is 9.71 Å². The number of aromatic nitrogens is 1. The Kier molecular flexibility index (Phi) is 4.49. The highest BCUT2D eigenvalue weighted by Gasteiger charge is 2.22. The fourth-order valence-corrected chi connectivity index (χ4v) is 6.11. The lowest BCUT2D eigenvalue weighted by Gasteiger charge is -2.09. The Balaban J connectivity index is 1.76. The van der Waals surface area contributed by atoms with Crippen LogP contribution < -0.4 is 4.72 Å². The standard InChI is InChI=1S/C19H15FN2O2S3/c1-11-7-8-13(9-14(11)20)27(23,24)22-19-17(12(2)10-25-19)18-21-15-5-3-4-6-16(15)26-18/h3-10,22H,1-2H3. The van der Waals surface area contributed by atoms with E-state index in [-0.39, 0.29) is 4.90 Å². The second-order valence-electron chi connectivity index (χ2n) is 6.13. The Labute approximate surface area is 164 Å². The lowest BCUT2D eigenvalue weighted by molar-refractivity contribution is 0.593. The van der Waals surface area contributed by atoms with Gasteiger partial charge in [0.1, 0.15) is 15.8 Å². The second kappa shape index (κ2) is 6.70. The fourth-order valence-electron chi connectivity index (χ4n) is 2.69. The van der Waals surface area contributed by atoms with Gasteiger partial charge in [-0.2, -0.15) is 0 Å². The SMILES string of the molecule is Cc1ccc(S(=O)(=O)Nc2scc(C)c2-c2nc3ccccc3s2)cc1F. The van der Waals surface area contributed by atoms with Crippen molar-refractivity contribution < 1.29 is 12.8 Å². The first-order chi connectivity index (χ1) is 12.8. The number of anilines is 1. The molecule has 0 aliphatic carbocycles. The molecule has 0 aliphatic rings. The quantitative estimate of drug-likeness (QED) is 0.470. The lowest BCUT2D eigenvalue weighted by atomic mass is 10.2. The first kappa shape index (κ1) is 18.1. The summed E-state index contributed by atoms with van der Waals surface area (Å²) >= 11 is 2.80. The van der Waals surface area contributed by atoms with Crippen molar-refractivity contribution in [3.05, 3.63) is 64.8 Å². The van der Waals surface area contributed by atoms with E-state index in [1.54, 1.807) is 6.92 Å². The molecule has 0 fully saturated rings. The molecule has 138 valence electrons. The van der Waals surface area contributed by atoms with Crippen molar-refractivity contribution in [2.24, 2.45) is 0 Å². The average Bonchev–Trinajstić information content (AvgIpc) is 3.19. The third-order valence-corrected chi connectivity index (χ3v) is 7.71. The zero-order valence-electron chi connectivity index (χ0n) is 14.5. The van der Waals surface area contributed by atoms with Gasteiger partial charge in [0.05, 0.1) is 15.1 Å². The number of hydrogen-bond acceptors (Lipinski definition) is 5. The molecule has 0 unspecified atom stereocenters. The average molecular weight is 419 g/mol. The summed E-state index contributed by atoms with van der Waals surface area (Å²) in [7, 11) is -3.90. The highest BCUT2D eigenvalue weighted by molar-refractivity contribution is 7.93. The number of sulfonamides is 1. The van der Waals surface area contributed by atoms with Gasteiger partial charge in [0.15, 0.2) is 0 Å². The summed E-state index contributed by atoms with van der Waals surface area (Å²) in [4.78, 5) is 4.53. The molecular formula is C19H15FN2O2S3. The maximum atomic E-state index is 13.8. The third-order valence-electron chi connectivity index (χ3n) is 4.16. The molecule has 0 radical (unpaired) electrons. The summed E-state index contributed by atoms with van der Waals surface area (Å²) in [6.45, 7) is 3.51. The Hall–Kier alpha value is -2.29. The predicted molar refractivity (Wildman–Crippen MR) is 110 cm³/mol. The van der Waals surface area contributed by atoms with Crippen molar-refractivity contribution in [2.75, 3.05) is 4.72 Å². The van der Waals surface area contributed by atoms with Gasteiger partial charge in [0.25, 0.3) is 10.0 Å². The second-order valence-corrected chi connectivity index (χ2v) is 9.72. The summed E-state index contributed by atoms with van der Waals surface area (Å²) in [5.41, 5.74) is 2.97. The van der Waals surface area contributed by atoms with E-state index in [0.717, 1.165) is 32.4 Å². The minimum Gasteiger partial charge on any atom is -0.270 e. The van der Waals surface area contributed by atoms with E-state index >= 15 is 0 Å². The van der Waals surface area contributed by atoms with Gasteiger partial charge in [-0.25, -0.2) is 17.8 Å². The number of halogens is 1. The van der Waals surface area contributed by atoms with Gasteiger partial charge < -0.3 is 0 Å². The van der Waals surface area contributed by atoms with Crippen molar-refractivity contribution in [2.45, 2.75) is 18.7 Å². The number of thiazole rings is 1. The van der Waals surface area contributed by atoms with Crippen molar-refractivity contribution in [3.8, 4) is 10.6 Å². The summed E-state index contributed by atoms with van der Waals surface area (Å²) in [6, 6.07) is 11.7. The number of benzene rings is 2. The summed E-state index contributed by atoms with van der Waals surface area (Å²) in [6.07, 6.45) is 0. The fraction of sp³-hybridized carbons (Fsp3) is 0.105. The third kappa shape index (κ3) is 3.36. The molecule has 2 aromatic heterocycles. The van der Waals surface area contributed by atoms with Crippen LogP contribution in [0.25, 0.3) is 20.8 Å². The number of aryl methyl sites for hydroxylation is 2. The van der Waals surface area contributed by atoms with E-state index in [1.807, 2.05) is 36.6 Å². The maximum Gasteiger partial charge on any atom is 0.262 e. The molecular weight excluding hydrogens is 403 g/mol. The Morgan fingerprint density at radius 3 is 2.59 bits per heavy atom. The molecule has 0 saturated heterocycles. The predicted octanol–water partition coefficient (Wildman–Crippen LogP) is 5.58. The van der Waals surface area contributed by atoms with Crippen LogP contribution in [-0.2, 0) is 10.0 Å². The number of fused-ring (bicyclic) bond motifs is 1. The topological polar surface area (TPSA) is 59.1 Å². The molecule has 27 heavy (non-hydrogen) atoms. The summed E-state index contributed by atoms with van der Waals surface area (Å²) in [5.74, 6) is -0.549. The number of nitrogens with one attached hydrogen (secondary N) is 1. The van der Waals surface area contributed by atoms with Gasteiger partial charge in [0, 0.05) is 5.56 Å². The highest BCUT2D eigenvalue weighted by Crippen LogP contribution is 2.41. The van der Waals surface area contributed by atoms with Crippen LogP contribution in [0.5, 0.6) is 0 Å². The molecule has 4 aromatic rings. The van der Waals surface area contributed by atoms with Crippen LogP contribution in [0.1, 0.15) is 11.1 Å². The molecule has 2 heterocycles. The molecule has 1 N–H and O–H groups in total. The van der Waals surface area contributed by atoms with Crippen molar-refractivity contribution in [1.82, 2.24) is 4.98 Å². The van der Waals surface area contributed by atoms with Gasteiger partial charge in [-0.3, -0.25) is 4.72 Å². The van der Waals surface area contributed by atoms with E-state index < -0.39 is 15.8 Å². The molecule has 0 saturated carbocycles. The summed E-state index contributed by atoms with van der Waals surface area (Å²) in [5, 5.41) is 3.12. The Morgan fingerprint density at radius 1 is 1.07 bits per heavy atom. The van der Waals surface area contributed by atoms with Gasteiger partial charge in [0.2, 0.25) is 0 Å². The van der Waals surface area contributed by atoms with Gasteiger partial charge in [-0.05, 0) is 54.6 Å². The van der Waals surface area contributed by atoms with Crippen LogP contribution in [0, 0.1) is 19.7 Å². The minimum absolute atomic E-state index is 0.105. The van der Waals surface area contributed by atoms with Gasteiger partial charge >= 0.3 is 0 Å². The smallest absolute Gasteiger partial charge is 0.262 e. The van der Waals surface area contributed by atoms with Crippen LogP contribution in [-0.4, -0.2) is 13.4 Å². The molecule has 0 bridgehead atoms. The molecule has 0 amide bonds. The number of thiophene rings is 1. The molecule has 0 atom stereocenters. The number of para-hydroxylation sites is 1. The summed E-state index contributed by atoms with van der Waals surface area (Å²) < 4.78 is 42.9. The Morgan fingerprint density at radius 2 is 1.85 bits per heavy atom. The van der Waals surface area contributed by atoms with E-state index in [1.165, 1.54) is 34.8 Å². The minimum atomic E-state index is -3.90. The molecule has 2 aromatic carbocycles. The molecule has 0 spiro atoms. The van der Waals surface area contributed by atoms with Gasteiger partial charge in [-0.15, -0.1) is 22.7 Å². The van der Waals surface area contributed by atoms with Crippen LogP contribution in [0.3, 0.4) is 0 Å². The van der Waals surface area contributed by atoms with Crippen LogP contribution in [0.15, 0.2) is 52.7 Å². The van der Waals surface area contributed by atoms with E-state index in [4.69, 9.17) is 0 Å². The lowest BCUT2D eigenvalue weighted by Crippen LogP contribution is -2.13. The Bertz CT molecular complexity index is 1230. The molecule has 4 rings (SSSR count). The van der Waals surface area contributed by atoms with E-state index in [0.29, 0.717) is 10.6 Å². The normalized spacial score (nSPS) is 11.8. The number of nitrogens with zero attached hydrogens (tertiary/aromatic N) is 1. The van der Waals surface area contributed by atoms with Crippen molar-refractivity contribution >= 4 is 47.9 Å².